The molecule has 0 saturated carbocycles. The van der Waals surface area contributed by atoms with E-state index in [0.717, 1.165) is 12.0 Å². The lowest BCUT2D eigenvalue weighted by Crippen LogP contribution is -2.20. The minimum atomic E-state index is -1.06. The summed E-state index contributed by atoms with van der Waals surface area (Å²) in [5, 5.41) is 9.20. The van der Waals surface area contributed by atoms with Crippen LogP contribution in [-0.2, 0) is 11.2 Å². The molecule has 0 aliphatic carbocycles. The Morgan fingerprint density at radius 2 is 2.33 bits per heavy atom. The first-order valence-corrected chi connectivity index (χ1v) is 4.91. The van der Waals surface area contributed by atoms with Gasteiger partial charge in [-0.3, -0.25) is 4.79 Å². The molecule has 0 spiro atoms. The average Bonchev–Trinajstić information content (AvgIpc) is 2.64. The van der Waals surface area contributed by atoms with E-state index in [-0.39, 0.29) is 0 Å². The molecule has 15 heavy (non-hydrogen) atoms. The molecule has 0 radical (unpaired) electrons. The topological polar surface area (TPSA) is 72.6 Å². The zero-order chi connectivity index (χ0) is 11.0. The second kappa shape index (κ2) is 3.72. The van der Waals surface area contributed by atoms with Crippen molar-refractivity contribution in [1.82, 2.24) is 0 Å². The van der Waals surface area contributed by atoms with Gasteiger partial charge in [-0.25, -0.2) is 0 Å². The van der Waals surface area contributed by atoms with Crippen LogP contribution in [0.4, 0.5) is 0 Å². The number of hydrogen-bond acceptors (Lipinski definition) is 3. The van der Waals surface area contributed by atoms with Crippen LogP contribution in [0.5, 0.6) is 5.75 Å². The summed E-state index contributed by atoms with van der Waals surface area (Å²) < 4.78 is 5.30. The fourth-order valence-corrected chi connectivity index (χ4v) is 1.91. The van der Waals surface area contributed by atoms with Gasteiger partial charge in [-0.05, 0) is 23.3 Å². The first-order chi connectivity index (χ1) is 7.09. The Kier molecular flexibility index (Phi) is 2.54. The Balaban J connectivity index is 2.43. The molecule has 0 aromatic heterocycles. The molecule has 1 aromatic carbocycles. The van der Waals surface area contributed by atoms with Gasteiger partial charge in [0.2, 0.25) is 0 Å². The summed E-state index contributed by atoms with van der Waals surface area (Å²) >= 11 is 5.95. The third-order valence-electron chi connectivity index (χ3n) is 2.39. The molecule has 3 N–H and O–H groups in total. The SMILES string of the molecule is NC(C(=O)O)c1cc(Cl)c2c(c1)CCO2. The number of carboxylic acid groups (broad SMARTS) is 1. The zero-order valence-electron chi connectivity index (χ0n) is 7.87. The Bertz CT molecular complexity index is 419. The van der Waals surface area contributed by atoms with Gasteiger partial charge in [0.1, 0.15) is 11.8 Å². The summed E-state index contributed by atoms with van der Waals surface area (Å²) in [6, 6.07) is 2.26. The molecular weight excluding hydrogens is 218 g/mol. The van der Waals surface area contributed by atoms with Crippen molar-refractivity contribution in [3.8, 4) is 5.75 Å². The van der Waals surface area contributed by atoms with Crippen molar-refractivity contribution < 1.29 is 14.6 Å². The number of rotatable bonds is 2. The fourth-order valence-electron chi connectivity index (χ4n) is 1.61. The maximum Gasteiger partial charge on any atom is 0.325 e. The molecule has 1 atom stereocenters. The van der Waals surface area contributed by atoms with Gasteiger partial charge >= 0.3 is 5.97 Å². The van der Waals surface area contributed by atoms with Crippen LogP contribution in [0.25, 0.3) is 0 Å². The highest BCUT2D eigenvalue weighted by Gasteiger charge is 2.21. The molecule has 1 aliphatic rings. The lowest BCUT2D eigenvalue weighted by molar-refractivity contribution is -0.138. The Hall–Kier alpha value is -1.26. The first-order valence-electron chi connectivity index (χ1n) is 4.53. The molecule has 0 saturated heterocycles. The summed E-state index contributed by atoms with van der Waals surface area (Å²) in [5.74, 6) is -0.414. The highest BCUT2D eigenvalue weighted by atomic mass is 35.5. The van der Waals surface area contributed by atoms with Crippen LogP contribution >= 0.6 is 11.6 Å². The zero-order valence-corrected chi connectivity index (χ0v) is 8.62. The number of carbonyl (C=O) groups is 1. The molecule has 0 fully saturated rings. The predicted octanol–water partition coefficient (Wildman–Crippen LogP) is 1.36. The van der Waals surface area contributed by atoms with Crippen LogP contribution in [-0.4, -0.2) is 17.7 Å². The normalized spacial score (nSPS) is 15.6. The van der Waals surface area contributed by atoms with Crippen LogP contribution in [0.15, 0.2) is 12.1 Å². The van der Waals surface area contributed by atoms with Crippen LogP contribution in [0.1, 0.15) is 17.2 Å². The van der Waals surface area contributed by atoms with Gasteiger partial charge in [-0.2, -0.15) is 0 Å². The smallest absolute Gasteiger partial charge is 0.325 e. The predicted molar refractivity (Wildman–Crippen MR) is 55.2 cm³/mol. The van der Waals surface area contributed by atoms with Crippen LogP contribution < -0.4 is 10.5 Å². The molecule has 1 aromatic rings. The van der Waals surface area contributed by atoms with Gasteiger partial charge in [0, 0.05) is 6.42 Å². The van der Waals surface area contributed by atoms with E-state index in [2.05, 4.69) is 0 Å². The van der Waals surface area contributed by atoms with Crippen molar-refractivity contribution in [2.24, 2.45) is 5.73 Å². The Morgan fingerprint density at radius 1 is 1.60 bits per heavy atom. The number of benzene rings is 1. The number of aliphatic carboxylic acids is 1. The van der Waals surface area contributed by atoms with Crippen molar-refractivity contribution in [2.45, 2.75) is 12.5 Å². The molecule has 5 heteroatoms. The lowest BCUT2D eigenvalue weighted by atomic mass is 10.0. The van der Waals surface area contributed by atoms with Crippen molar-refractivity contribution in [1.29, 1.82) is 0 Å². The molecule has 1 heterocycles. The molecule has 1 unspecified atom stereocenters. The quantitative estimate of drug-likeness (QED) is 0.800. The second-order valence-electron chi connectivity index (χ2n) is 3.41. The molecule has 0 bridgehead atoms. The third-order valence-corrected chi connectivity index (χ3v) is 2.67. The van der Waals surface area contributed by atoms with Crippen LogP contribution in [0, 0.1) is 0 Å². The summed E-state index contributed by atoms with van der Waals surface area (Å²) in [4.78, 5) is 10.7. The monoisotopic (exact) mass is 227 g/mol. The van der Waals surface area contributed by atoms with Gasteiger partial charge in [-0.1, -0.05) is 11.6 Å². The number of fused-ring (bicyclic) bond motifs is 1. The summed E-state index contributed by atoms with van der Waals surface area (Å²) in [6.45, 7) is 0.584. The second-order valence-corrected chi connectivity index (χ2v) is 3.81. The van der Waals surface area contributed by atoms with Gasteiger partial charge < -0.3 is 15.6 Å². The minimum absolute atomic E-state index is 0.428. The molecule has 80 valence electrons. The van der Waals surface area contributed by atoms with Crippen molar-refractivity contribution in [3.05, 3.63) is 28.3 Å². The lowest BCUT2D eigenvalue weighted by Gasteiger charge is -2.09. The molecular formula is C10H10ClNO3. The highest BCUT2D eigenvalue weighted by molar-refractivity contribution is 6.32. The number of carboxylic acids is 1. The van der Waals surface area contributed by atoms with E-state index in [1.807, 2.05) is 0 Å². The van der Waals surface area contributed by atoms with E-state index < -0.39 is 12.0 Å². The number of ether oxygens (including phenoxy) is 1. The number of halogens is 1. The molecule has 4 nitrogen and oxygen atoms in total. The van der Waals surface area contributed by atoms with Crippen molar-refractivity contribution in [2.75, 3.05) is 6.61 Å². The van der Waals surface area contributed by atoms with Crippen LogP contribution in [0.3, 0.4) is 0 Å². The fraction of sp³-hybridized carbons (Fsp3) is 0.300. The standard InChI is InChI=1S/C10H10ClNO3/c11-7-4-6(8(12)10(13)14)3-5-1-2-15-9(5)7/h3-4,8H,1-2,12H2,(H,13,14). The van der Waals surface area contributed by atoms with E-state index in [4.69, 9.17) is 27.2 Å². The van der Waals surface area contributed by atoms with E-state index in [0.29, 0.717) is 22.9 Å². The minimum Gasteiger partial charge on any atom is -0.491 e. The third kappa shape index (κ3) is 1.78. The Labute approximate surface area is 91.6 Å². The number of nitrogens with two attached hydrogens (primary N) is 1. The van der Waals surface area contributed by atoms with E-state index in [1.54, 1.807) is 12.1 Å². The molecule has 0 amide bonds. The van der Waals surface area contributed by atoms with Gasteiger partial charge in [-0.15, -0.1) is 0 Å². The number of hydrogen-bond donors (Lipinski definition) is 2. The highest BCUT2D eigenvalue weighted by Crippen LogP contribution is 2.35. The van der Waals surface area contributed by atoms with Crippen molar-refractivity contribution >= 4 is 17.6 Å². The van der Waals surface area contributed by atoms with E-state index in [9.17, 15) is 4.79 Å². The van der Waals surface area contributed by atoms with Crippen LogP contribution in [0.2, 0.25) is 5.02 Å². The van der Waals surface area contributed by atoms with E-state index in [1.165, 1.54) is 0 Å². The van der Waals surface area contributed by atoms with Gasteiger partial charge in [0.05, 0.1) is 11.6 Å². The first kappa shape index (κ1) is 10.3. The van der Waals surface area contributed by atoms with Gasteiger partial charge in [0.15, 0.2) is 0 Å². The molecule has 1 aliphatic heterocycles. The van der Waals surface area contributed by atoms with E-state index >= 15 is 0 Å². The largest absolute Gasteiger partial charge is 0.491 e. The molecule has 2 rings (SSSR count). The summed E-state index contributed by atoms with van der Waals surface area (Å²) in [6.07, 6.45) is 0.745. The maximum atomic E-state index is 10.7. The maximum absolute atomic E-state index is 10.7. The van der Waals surface area contributed by atoms with Gasteiger partial charge in [0.25, 0.3) is 0 Å². The summed E-state index contributed by atoms with van der Waals surface area (Å²) in [5.41, 5.74) is 6.94. The van der Waals surface area contributed by atoms with Crippen molar-refractivity contribution in [3.63, 3.8) is 0 Å². The Morgan fingerprint density at radius 3 is 3.00 bits per heavy atom. The average molecular weight is 228 g/mol. The summed E-state index contributed by atoms with van der Waals surface area (Å²) in [7, 11) is 0.